The van der Waals surface area contributed by atoms with Gasteiger partial charge in [-0.15, -0.1) is 0 Å². The first kappa shape index (κ1) is 11.4. The van der Waals surface area contributed by atoms with Crippen LogP contribution in [0.2, 0.25) is 0 Å². The van der Waals surface area contributed by atoms with E-state index >= 15 is 0 Å². The minimum Gasteiger partial charge on any atom is -0.399 e. The monoisotopic (exact) mass is 233 g/mol. The molecule has 0 spiro atoms. The van der Waals surface area contributed by atoms with E-state index in [2.05, 4.69) is 0 Å². The summed E-state index contributed by atoms with van der Waals surface area (Å²) in [5, 5.41) is 0. The molecule has 0 bridgehead atoms. The Bertz CT molecular complexity index is 485. The van der Waals surface area contributed by atoms with Gasteiger partial charge in [0.05, 0.1) is 0 Å². The molecular formula is C12H15N3O2. The van der Waals surface area contributed by atoms with Gasteiger partial charge in [0, 0.05) is 24.3 Å². The molecule has 1 heterocycles. The molecule has 17 heavy (non-hydrogen) atoms. The van der Waals surface area contributed by atoms with Crippen molar-refractivity contribution in [3.63, 3.8) is 0 Å². The average molecular weight is 233 g/mol. The molecule has 0 saturated carbocycles. The maximum Gasteiger partial charge on any atom is 0.247 e. The Morgan fingerprint density at radius 2 is 2.18 bits per heavy atom. The summed E-state index contributed by atoms with van der Waals surface area (Å²) in [6, 6.07) is 4.60. The van der Waals surface area contributed by atoms with Gasteiger partial charge in [-0.05, 0) is 30.7 Å². The van der Waals surface area contributed by atoms with Crippen LogP contribution in [0, 0.1) is 6.92 Å². The van der Waals surface area contributed by atoms with E-state index in [9.17, 15) is 9.59 Å². The Kier molecular flexibility index (Phi) is 2.75. The predicted octanol–water partition coefficient (Wildman–Crippen LogP) is 0.210. The number of rotatable bonds is 2. The molecule has 5 nitrogen and oxygen atoms in total. The zero-order valence-corrected chi connectivity index (χ0v) is 9.64. The minimum absolute atomic E-state index is 0.119. The molecule has 0 aliphatic carbocycles. The summed E-state index contributed by atoms with van der Waals surface area (Å²) >= 11 is 0. The molecule has 1 saturated heterocycles. The summed E-state index contributed by atoms with van der Waals surface area (Å²) < 4.78 is 0. The van der Waals surface area contributed by atoms with Crippen LogP contribution in [0.3, 0.4) is 0 Å². The smallest absolute Gasteiger partial charge is 0.247 e. The number of Topliss-reactive ketones (excluding diaryl/α,β-unsaturated/α-hetero) is 1. The van der Waals surface area contributed by atoms with Gasteiger partial charge in [-0.1, -0.05) is 0 Å². The second-order valence-corrected chi connectivity index (χ2v) is 4.26. The van der Waals surface area contributed by atoms with Crippen molar-refractivity contribution in [2.24, 2.45) is 5.73 Å². The summed E-state index contributed by atoms with van der Waals surface area (Å²) in [5.74, 6) is -0.714. The molecule has 1 aromatic rings. The number of amides is 1. The van der Waals surface area contributed by atoms with Crippen molar-refractivity contribution >= 4 is 23.1 Å². The van der Waals surface area contributed by atoms with Crippen LogP contribution in [0.5, 0.6) is 0 Å². The van der Waals surface area contributed by atoms with Crippen molar-refractivity contribution in [1.82, 2.24) is 0 Å². The fourth-order valence-corrected chi connectivity index (χ4v) is 2.10. The van der Waals surface area contributed by atoms with E-state index in [4.69, 9.17) is 11.5 Å². The Balaban J connectivity index is 2.36. The van der Waals surface area contributed by atoms with Gasteiger partial charge in [-0.3, -0.25) is 9.59 Å². The highest BCUT2D eigenvalue weighted by atomic mass is 16.2. The first-order valence-corrected chi connectivity index (χ1v) is 5.45. The number of carbonyl (C=O) groups excluding carboxylic acids is 2. The average Bonchev–Trinajstić information content (AvgIpc) is 2.64. The molecule has 4 N–H and O–H groups in total. The van der Waals surface area contributed by atoms with E-state index in [1.165, 1.54) is 0 Å². The number of primary amides is 1. The van der Waals surface area contributed by atoms with E-state index in [0.29, 0.717) is 18.7 Å². The fourth-order valence-electron chi connectivity index (χ4n) is 2.10. The quantitative estimate of drug-likeness (QED) is 0.564. The van der Waals surface area contributed by atoms with Gasteiger partial charge in [-0.2, -0.15) is 0 Å². The molecule has 1 amide bonds. The van der Waals surface area contributed by atoms with Gasteiger partial charge in [0.1, 0.15) is 0 Å². The van der Waals surface area contributed by atoms with E-state index < -0.39 is 11.9 Å². The Labute approximate surface area is 99.4 Å². The summed E-state index contributed by atoms with van der Waals surface area (Å²) in [7, 11) is 0. The van der Waals surface area contributed by atoms with Crippen LogP contribution in [0.25, 0.3) is 0 Å². The summed E-state index contributed by atoms with van der Waals surface area (Å²) in [5.41, 5.74) is 13.4. The minimum atomic E-state index is -0.835. The normalized spacial score (nSPS) is 19.7. The Morgan fingerprint density at radius 1 is 1.47 bits per heavy atom. The van der Waals surface area contributed by atoms with Crippen molar-refractivity contribution in [3.05, 3.63) is 23.8 Å². The molecular weight excluding hydrogens is 218 g/mol. The number of carbonyl (C=O) groups is 2. The number of nitrogen functional groups attached to an aromatic ring is 1. The molecule has 90 valence electrons. The second-order valence-electron chi connectivity index (χ2n) is 4.26. The first-order chi connectivity index (χ1) is 8.00. The first-order valence-electron chi connectivity index (χ1n) is 5.45. The maximum atomic E-state index is 11.6. The lowest BCUT2D eigenvalue weighted by Crippen LogP contribution is -2.44. The number of aryl methyl sites for hydroxylation is 1. The summed E-state index contributed by atoms with van der Waals surface area (Å²) in [6.07, 6.45) is 0.358. The highest BCUT2D eigenvalue weighted by molar-refractivity contribution is 6.09. The van der Waals surface area contributed by atoms with E-state index in [-0.39, 0.29) is 5.78 Å². The Morgan fingerprint density at radius 3 is 2.76 bits per heavy atom. The number of nitrogens with zero attached hydrogens (tertiary/aromatic N) is 1. The number of benzene rings is 1. The summed E-state index contributed by atoms with van der Waals surface area (Å²) in [4.78, 5) is 24.6. The molecule has 1 atom stereocenters. The standard InChI is InChI=1S/C12H15N3O2/c1-7-6-8(2-3-9(7)13)15-5-4-10(16)11(15)12(14)17/h2-3,6,11H,4-5,13H2,1H3,(H2,14,17). The molecule has 0 radical (unpaired) electrons. The predicted molar refractivity (Wildman–Crippen MR) is 65.5 cm³/mol. The van der Waals surface area contributed by atoms with Gasteiger partial charge >= 0.3 is 0 Å². The van der Waals surface area contributed by atoms with Crippen molar-refractivity contribution in [2.75, 3.05) is 17.2 Å². The SMILES string of the molecule is Cc1cc(N2CCC(=O)C2C(N)=O)ccc1N. The van der Waals surface area contributed by atoms with Crippen molar-refractivity contribution in [2.45, 2.75) is 19.4 Å². The third-order valence-corrected chi connectivity index (χ3v) is 3.07. The van der Waals surface area contributed by atoms with E-state index in [0.717, 1.165) is 11.3 Å². The van der Waals surface area contributed by atoms with Crippen molar-refractivity contribution in [3.8, 4) is 0 Å². The van der Waals surface area contributed by atoms with Gasteiger partial charge in [0.2, 0.25) is 5.91 Å². The van der Waals surface area contributed by atoms with Crippen LogP contribution in [0.15, 0.2) is 18.2 Å². The zero-order chi connectivity index (χ0) is 12.6. The van der Waals surface area contributed by atoms with E-state index in [1.54, 1.807) is 17.0 Å². The number of nitrogens with two attached hydrogens (primary N) is 2. The highest BCUT2D eigenvalue weighted by Gasteiger charge is 2.36. The molecule has 1 unspecified atom stereocenters. The topological polar surface area (TPSA) is 89.4 Å². The van der Waals surface area contributed by atoms with Crippen molar-refractivity contribution < 1.29 is 9.59 Å². The third kappa shape index (κ3) is 1.95. The van der Waals surface area contributed by atoms with Crippen molar-refractivity contribution in [1.29, 1.82) is 0 Å². The lowest BCUT2D eigenvalue weighted by molar-refractivity contribution is -0.126. The van der Waals surface area contributed by atoms with Crippen LogP contribution < -0.4 is 16.4 Å². The zero-order valence-electron chi connectivity index (χ0n) is 9.64. The lowest BCUT2D eigenvalue weighted by Gasteiger charge is -2.23. The number of hydrogen-bond donors (Lipinski definition) is 2. The lowest BCUT2D eigenvalue weighted by atomic mass is 10.1. The third-order valence-electron chi connectivity index (χ3n) is 3.07. The number of hydrogen-bond acceptors (Lipinski definition) is 4. The van der Waals surface area contributed by atoms with Crippen LogP contribution in [0.4, 0.5) is 11.4 Å². The van der Waals surface area contributed by atoms with E-state index in [1.807, 2.05) is 13.0 Å². The fraction of sp³-hybridized carbons (Fsp3) is 0.333. The summed E-state index contributed by atoms with van der Waals surface area (Å²) in [6.45, 7) is 2.41. The van der Waals surface area contributed by atoms with Crippen LogP contribution in [-0.4, -0.2) is 24.3 Å². The van der Waals surface area contributed by atoms with Gasteiger partial charge in [0.25, 0.3) is 0 Å². The Hall–Kier alpha value is -2.04. The second kappa shape index (κ2) is 4.08. The largest absolute Gasteiger partial charge is 0.399 e. The molecule has 0 aromatic heterocycles. The number of anilines is 2. The molecule has 1 aliphatic heterocycles. The molecule has 1 aromatic carbocycles. The molecule has 5 heteroatoms. The van der Waals surface area contributed by atoms with Gasteiger partial charge < -0.3 is 16.4 Å². The van der Waals surface area contributed by atoms with Crippen LogP contribution in [0.1, 0.15) is 12.0 Å². The number of ketones is 1. The van der Waals surface area contributed by atoms with Gasteiger partial charge in [-0.25, -0.2) is 0 Å². The molecule has 1 aliphatic rings. The van der Waals surface area contributed by atoms with Crippen LogP contribution >= 0.6 is 0 Å². The van der Waals surface area contributed by atoms with Gasteiger partial charge in [0.15, 0.2) is 11.8 Å². The molecule has 1 fully saturated rings. The van der Waals surface area contributed by atoms with Crippen LogP contribution in [-0.2, 0) is 9.59 Å². The maximum absolute atomic E-state index is 11.6. The highest BCUT2D eigenvalue weighted by Crippen LogP contribution is 2.26. The molecule has 2 rings (SSSR count).